The minimum atomic E-state index is -0.0261. The molecule has 4 heteroatoms. The third-order valence-electron chi connectivity index (χ3n) is 3.11. The number of hydrogen-bond donors (Lipinski definition) is 1. The van der Waals surface area contributed by atoms with E-state index in [1.807, 2.05) is 0 Å². The van der Waals surface area contributed by atoms with Gasteiger partial charge in [-0.3, -0.25) is 9.59 Å². The Labute approximate surface area is 104 Å². The van der Waals surface area contributed by atoms with Crippen molar-refractivity contribution in [3.8, 4) is 0 Å². The standard InChI is InChI=1S/C13H24N2O2/c1-2-3-4-5-6-8-13(17)15-10-7-9-14-12(16)11-15/h2-11H2,1H3,(H,14,16). The molecule has 0 saturated carbocycles. The summed E-state index contributed by atoms with van der Waals surface area (Å²) in [6.07, 6.45) is 7.23. The highest BCUT2D eigenvalue weighted by Gasteiger charge is 2.18. The van der Waals surface area contributed by atoms with Crippen molar-refractivity contribution >= 4 is 11.8 Å². The van der Waals surface area contributed by atoms with Crippen LogP contribution >= 0.6 is 0 Å². The van der Waals surface area contributed by atoms with Crippen molar-refractivity contribution in [2.45, 2.75) is 51.9 Å². The Bertz CT molecular complexity index is 254. The van der Waals surface area contributed by atoms with Gasteiger partial charge in [-0.15, -0.1) is 0 Å². The Balaban J connectivity index is 2.19. The van der Waals surface area contributed by atoms with Crippen LogP contribution in [0, 0.1) is 0 Å². The maximum atomic E-state index is 11.9. The molecule has 0 spiro atoms. The van der Waals surface area contributed by atoms with Gasteiger partial charge in [-0.25, -0.2) is 0 Å². The number of carbonyl (C=O) groups excluding carboxylic acids is 2. The predicted octanol–water partition coefficient (Wildman–Crippen LogP) is 1.70. The molecule has 0 bridgehead atoms. The molecule has 0 aromatic rings. The summed E-state index contributed by atoms with van der Waals surface area (Å²) in [5, 5.41) is 2.78. The first-order chi connectivity index (χ1) is 8.24. The van der Waals surface area contributed by atoms with E-state index in [1.165, 1.54) is 19.3 Å². The number of carbonyl (C=O) groups is 2. The molecule has 0 aliphatic carbocycles. The SMILES string of the molecule is CCCCCCCC(=O)N1CCCNC(=O)C1. The zero-order chi connectivity index (χ0) is 12.5. The molecule has 0 radical (unpaired) electrons. The first kappa shape index (κ1) is 14.0. The summed E-state index contributed by atoms with van der Waals surface area (Å²) >= 11 is 0. The lowest BCUT2D eigenvalue weighted by atomic mass is 10.1. The lowest BCUT2D eigenvalue weighted by Crippen LogP contribution is -2.37. The fourth-order valence-corrected chi connectivity index (χ4v) is 2.06. The minimum Gasteiger partial charge on any atom is -0.354 e. The molecular formula is C13H24N2O2. The van der Waals surface area contributed by atoms with Crippen molar-refractivity contribution in [1.29, 1.82) is 0 Å². The number of amides is 2. The first-order valence-electron chi connectivity index (χ1n) is 6.78. The van der Waals surface area contributed by atoms with E-state index in [0.717, 1.165) is 19.3 Å². The van der Waals surface area contributed by atoms with E-state index in [1.54, 1.807) is 4.90 Å². The summed E-state index contributed by atoms with van der Waals surface area (Å²) in [4.78, 5) is 24.9. The number of rotatable bonds is 6. The Hall–Kier alpha value is -1.06. The van der Waals surface area contributed by atoms with Gasteiger partial charge in [0.05, 0.1) is 6.54 Å². The molecule has 0 atom stereocenters. The van der Waals surface area contributed by atoms with Crippen LogP contribution in [0.25, 0.3) is 0 Å². The summed E-state index contributed by atoms with van der Waals surface area (Å²) in [5.74, 6) is 0.111. The summed E-state index contributed by atoms with van der Waals surface area (Å²) in [6.45, 7) is 3.83. The van der Waals surface area contributed by atoms with Gasteiger partial charge in [0.15, 0.2) is 0 Å². The van der Waals surface area contributed by atoms with Crippen LogP contribution in [-0.2, 0) is 9.59 Å². The van der Waals surface area contributed by atoms with Gasteiger partial charge < -0.3 is 10.2 Å². The molecule has 1 fully saturated rings. The molecule has 0 aromatic heterocycles. The molecule has 1 aliphatic heterocycles. The Morgan fingerprint density at radius 3 is 2.82 bits per heavy atom. The fraction of sp³-hybridized carbons (Fsp3) is 0.846. The molecule has 1 heterocycles. The Morgan fingerprint density at radius 1 is 1.29 bits per heavy atom. The molecule has 17 heavy (non-hydrogen) atoms. The summed E-state index contributed by atoms with van der Waals surface area (Å²) in [7, 11) is 0. The highest BCUT2D eigenvalue weighted by atomic mass is 16.2. The number of nitrogens with zero attached hydrogens (tertiary/aromatic N) is 1. The highest BCUT2D eigenvalue weighted by molar-refractivity contribution is 5.85. The number of unbranched alkanes of at least 4 members (excludes halogenated alkanes) is 4. The van der Waals surface area contributed by atoms with Gasteiger partial charge in [-0.2, -0.15) is 0 Å². The normalized spacial score (nSPS) is 16.5. The molecule has 0 aromatic carbocycles. The van der Waals surface area contributed by atoms with Crippen LogP contribution in [0.2, 0.25) is 0 Å². The van der Waals surface area contributed by atoms with Gasteiger partial charge in [0, 0.05) is 19.5 Å². The average molecular weight is 240 g/mol. The average Bonchev–Trinajstić information content (AvgIpc) is 2.53. The van der Waals surface area contributed by atoms with Crippen LogP contribution in [0.3, 0.4) is 0 Å². The molecular weight excluding hydrogens is 216 g/mol. The Kier molecular flexibility index (Phi) is 6.67. The van der Waals surface area contributed by atoms with Crippen LogP contribution in [0.15, 0.2) is 0 Å². The van der Waals surface area contributed by atoms with Crippen molar-refractivity contribution in [3.63, 3.8) is 0 Å². The van der Waals surface area contributed by atoms with Crippen LogP contribution in [0.1, 0.15) is 51.9 Å². The van der Waals surface area contributed by atoms with E-state index in [9.17, 15) is 9.59 Å². The van der Waals surface area contributed by atoms with Crippen molar-refractivity contribution < 1.29 is 9.59 Å². The second kappa shape index (κ2) is 8.09. The summed E-state index contributed by atoms with van der Waals surface area (Å²) < 4.78 is 0. The van der Waals surface area contributed by atoms with E-state index >= 15 is 0 Å². The minimum absolute atomic E-state index is 0.0261. The molecule has 1 rings (SSSR count). The van der Waals surface area contributed by atoms with Crippen molar-refractivity contribution in [2.75, 3.05) is 19.6 Å². The fourth-order valence-electron chi connectivity index (χ4n) is 2.06. The first-order valence-corrected chi connectivity index (χ1v) is 6.78. The van der Waals surface area contributed by atoms with E-state index < -0.39 is 0 Å². The van der Waals surface area contributed by atoms with Crippen LogP contribution in [-0.4, -0.2) is 36.3 Å². The molecule has 2 amide bonds. The maximum Gasteiger partial charge on any atom is 0.239 e. The van der Waals surface area contributed by atoms with Gasteiger partial charge in [0.25, 0.3) is 0 Å². The van der Waals surface area contributed by atoms with Crippen LogP contribution < -0.4 is 5.32 Å². The topological polar surface area (TPSA) is 49.4 Å². The van der Waals surface area contributed by atoms with Crippen LogP contribution in [0.4, 0.5) is 0 Å². The van der Waals surface area contributed by atoms with Gasteiger partial charge in [-0.05, 0) is 12.8 Å². The zero-order valence-electron chi connectivity index (χ0n) is 10.8. The largest absolute Gasteiger partial charge is 0.354 e. The van der Waals surface area contributed by atoms with Gasteiger partial charge in [-0.1, -0.05) is 32.6 Å². The number of hydrogen-bond acceptors (Lipinski definition) is 2. The molecule has 1 N–H and O–H groups in total. The monoisotopic (exact) mass is 240 g/mol. The maximum absolute atomic E-state index is 11.9. The molecule has 4 nitrogen and oxygen atoms in total. The predicted molar refractivity (Wildman–Crippen MR) is 67.6 cm³/mol. The third-order valence-corrected chi connectivity index (χ3v) is 3.11. The van der Waals surface area contributed by atoms with Gasteiger partial charge >= 0.3 is 0 Å². The van der Waals surface area contributed by atoms with Crippen molar-refractivity contribution in [3.05, 3.63) is 0 Å². The Morgan fingerprint density at radius 2 is 2.06 bits per heavy atom. The van der Waals surface area contributed by atoms with Gasteiger partial charge in [0.1, 0.15) is 0 Å². The molecule has 1 saturated heterocycles. The van der Waals surface area contributed by atoms with Crippen LogP contribution in [0.5, 0.6) is 0 Å². The second-order valence-electron chi connectivity index (χ2n) is 4.68. The highest BCUT2D eigenvalue weighted by Crippen LogP contribution is 2.08. The lowest BCUT2D eigenvalue weighted by Gasteiger charge is -2.18. The smallest absolute Gasteiger partial charge is 0.239 e. The quantitative estimate of drug-likeness (QED) is 0.718. The summed E-state index contributed by atoms with van der Waals surface area (Å²) in [6, 6.07) is 0. The lowest BCUT2D eigenvalue weighted by molar-refractivity contribution is -0.135. The summed E-state index contributed by atoms with van der Waals surface area (Å²) in [5.41, 5.74) is 0. The van der Waals surface area contributed by atoms with Crippen molar-refractivity contribution in [2.24, 2.45) is 0 Å². The zero-order valence-corrected chi connectivity index (χ0v) is 10.8. The van der Waals surface area contributed by atoms with Crippen molar-refractivity contribution in [1.82, 2.24) is 10.2 Å². The van der Waals surface area contributed by atoms with E-state index in [0.29, 0.717) is 19.5 Å². The molecule has 98 valence electrons. The van der Waals surface area contributed by atoms with E-state index in [2.05, 4.69) is 12.2 Å². The third kappa shape index (κ3) is 5.71. The van der Waals surface area contributed by atoms with Gasteiger partial charge in [0.2, 0.25) is 11.8 Å². The van der Waals surface area contributed by atoms with E-state index in [4.69, 9.17) is 0 Å². The second-order valence-corrected chi connectivity index (χ2v) is 4.68. The number of nitrogens with one attached hydrogen (secondary N) is 1. The molecule has 1 aliphatic rings. The molecule has 0 unspecified atom stereocenters. The van der Waals surface area contributed by atoms with E-state index in [-0.39, 0.29) is 18.4 Å².